The zero-order valence-electron chi connectivity index (χ0n) is 16.4. The Labute approximate surface area is 168 Å². The van der Waals surface area contributed by atoms with E-state index in [1.54, 1.807) is 0 Å². The highest BCUT2D eigenvalue weighted by molar-refractivity contribution is 5.59. The summed E-state index contributed by atoms with van der Waals surface area (Å²) in [5.74, 6) is 0. The first kappa shape index (κ1) is 18.3. The quantitative estimate of drug-likeness (QED) is 0.323. The highest BCUT2D eigenvalue weighted by Gasteiger charge is 2.37. The molecule has 0 aliphatic carbocycles. The minimum atomic E-state index is -0.339. The van der Waals surface area contributed by atoms with E-state index in [0.29, 0.717) is 0 Å². The smallest absolute Gasteiger partial charge is 0.0651 e. The van der Waals surface area contributed by atoms with Crippen molar-refractivity contribution in [2.24, 2.45) is 0 Å². The second-order valence-electron chi connectivity index (χ2n) is 7.29. The Balaban J connectivity index is 2.04. The Morgan fingerprint density at radius 1 is 0.464 bits per heavy atom. The predicted octanol–water partition coefficient (Wildman–Crippen LogP) is 7.02. The number of hydrogen-bond donors (Lipinski definition) is 0. The number of benzene rings is 4. The van der Waals surface area contributed by atoms with Gasteiger partial charge in [0.05, 0.1) is 5.41 Å². The molecular weight excluding hydrogens is 336 g/mol. The van der Waals surface area contributed by atoms with Crippen LogP contribution < -0.4 is 0 Å². The van der Waals surface area contributed by atoms with E-state index in [4.69, 9.17) is 0 Å². The van der Waals surface area contributed by atoms with Crippen LogP contribution in [0.4, 0.5) is 0 Å². The van der Waals surface area contributed by atoms with Crippen molar-refractivity contribution in [3.63, 3.8) is 0 Å². The molecule has 0 spiro atoms. The summed E-state index contributed by atoms with van der Waals surface area (Å²) in [7, 11) is 0. The highest BCUT2D eigenvalue weighted by atomic mass is 14.4. The van der Waals surface area contributed by atoms with Gasteiger partial charge in [-0.1, -0.05) is 129 Å². The van der Waals surface area contributed by atoms with Gasteiger partial charge in [0.25, 0.3) is 0 Å². The van der Waals surface area contributed by atoms with Crippen molar-refractivity contribution < 1.29 is 0 Å². The summed E-state index contributed by atoms with van der Waals surface area (Å²) in [6.45, 7) is 2.23. The lowest BCUT2D eigenvalue weighted by atomic mass is 9.65. The van der Waals surface area contributed by atoms with Crippen molar-refractivity contribution in [2.75, 3.05) is 0 Å². The van der Waals surface area contributed by atoms with Crippen LogP contribution in [-0.2, 0) is 11.8 Å². The Hall–Kier alpha value is -3.12. The molecule has 4 rings (SSSR count). The fraction of sp³-hybridized carbons (Fsp3) is 0.143. The van der Waals surface area contributed by atoms with Crippen LogP contribution in [0.1, 0.15) is 41.2 Å². The molecule has 0 unspecified atom stereocenters. The van der Waals surface area contributed by atoms with Crippen molar-refractivity contribution in [3.8, 4) is 0 Å². The first-order chi connectivity index (χ1) is 13.9. The molecule has 0 amide bonds. The first-order valence-corrected chi connectivity index (χ1v) is 10.1. The number of rotatable bonds is 6. The van der Waals surface area contributed by atoms with Crippen LogP contribution in [0.25, 0.3) is 0 Å². The molecule has 0 bridgehead atoms. The zero-order valence-corrected chi connectivity index (χ0v) is 16.4. The molecule has 0 heteroatoms. The SMILES string of the molecule is CCCc1ccc(C(c2ccccc2)(c2ccccc2)c2ccccc2)cc1. The topological polar surface area (TPSA) is 0 Å². The normalized spacial score (nSPS) is 11.3. The van der Waals surface area contributed by atoms with Gasteiger partial charge >= 0.3 is 0 Å². The maximum Gasteiger partial charge on any atom is 0.0701 e. The monoisotopic (exact) mass is 362 g/mol. The fourth-order valence-electron chi connectivity index (χ4n) is 4.27. The third kappa shape index (κ3) is 3.27. The third-order valence-corrected chi connectivity index (χ3v) is 5.55. The molecule has 4 aromatic carbocycles. The Kier molecular flexibility index (Phi) is 5.39. The molecule has 0 nitrogen and oxygen atoms in total. The molecule has 0 aliphatic rings. The average molecular weight is 363 g/mol. The molecule has 0 aliphatic heterocycles. The molecular formula is C28H26. The first-order valence-electron chi connectivity index (χ1n) is 10.1. The van der Waals surface area contributed by atoms with Crippen molar-refractivity contribution in [1.29, 1.82) is 0 Å². The highest BCUT2D eigenvalue weighted by Crippen LogP contribution is 2.44. The molecule has 0 radical (unpaired) electrons. The van der Waals surface area contributed by atoms with E-state index < -0.39 is 0 Å². The van der Waals surface area contributed by atoms with E-state index in [1.165, 1.54) is 34.2 Å². The van der Waals surface area contributed by atoms with Gasteiger partial charge in [0.15, 0.2) is 0 Å². The number of hydrogen-bond acceptors (Lipinski definition) is 0. The van der Waals surface area contributed by atoms with Crippen molar-refractivity contribution >= 4 is 0 Å². The lowest BCUT2D eigenvalue weighted by Crippen LogP contribution is -2.30. The minimum absolute atomic E-state index is 0.339. The summed E-state index contributed by atoms with van der Waals surface area (Å²) in [5, 5.41) is 0. The average Bonchev–Trinajstić information content (AvgIpc) is 2.78. The van der Waals surface area contributed by atoms with Crippen molar-refractivity contribution in [1.82, 2.24) is 0 Å². The van der Waals surface area contributed by atoms with Crippen LogP contribution in [-0.4, -0.2) is 0 Å². The van der Waals surface area contributed by atoms with E-state index >= 15 is 0 Å². The number of aryl methyl sites for hydroxylation is 1. The van der Waals surface area contributed by atoms with E-state index in [9.17, 15) is 0 Å². The molecule has 138 valence electrons. The molecule has 0 heterocycles. The second-order valence-corrected chi connectivity index (χ2v) is 7.29. The van der Waals surface area contributed by atoms with E-state index in [1.807, 2.05) is 0 Å². The van der Waals surface area contributed by atoms with Gasteiger partial charge in [-0.25, -0.2) is 0 Å². The van der Waals surface area contributed by atoms with E-state index in [2.05, 4.69) is 122 Å². The summed E-state index contributed by atoms with van der Waals surface area (Å²) in [6, 6.07) is 41.8. The summed E-state index contributed by atoms with van der Waals surface area (Å²) in [6.07, 6.45) is 2.29. The second kappa shape index (κ2) is 8.27. The van der Waals surface area contributed by atoms with Crippen LogP contribution >= 0.6 is 0 Å². The van der Waals surface area contributed by atoms with Crippen LogP contribution in [0, 0.1) is 0 Å². The summed E-state index contributed by atoms with van der Waals surface area (Å²) in [5.41, 5.74) is 6.22. The predicted molar refractivity (Wildman–Crippen MR) is 119 cm³/mol. The Morgan fingerprint density at radius 3 is 1.18 bits per heavy atom. The fourth-order valence-corrected chi connectivity index (χ4v) is 4.27. The molecule has 0 fully saturated rings. The summed E-state index contributed by atoms with van der Waals surface area (Å²) in [4.78, 5) is 0. The van der Waals surface area contributed by atoms with Crippen molar-refractivity contribution in [3.05, 3.63) is 143 Å². The Bertz CT molecular complexity index is 887. The van der Waals surface area contributed by atoms with Gasteiger partial charge in [-0.2, -0.15) is 0 Å². The lowest BCUT2D eigenvalue weighted by molar-refractivity contribution is 0.744. The van der Waals surface area contributed by atoms with E-state index in [0.717, 1.165) is 6.42 Å². The standard InChI is InChI=1S/C28H26/c1-2-12-23-19-21-27(22-20-23)28(24-13-6-3-7-14-24,25-15-8-4-9-16-25)26-17-10-5-11-18-26/h3-11,13-22H,2,12H2,1H3. The van der Waals surface area contributed by atoms with Gasteiger partial charge in [0.2, 0.25) is 0 Å². The van der Waals surface area contributed by atoms with Crippen LogP contribution in [0.5, 0.6) is 0 Å². The lowest BCUT2D eigenvalue weighted by Gasteiger charge is -2.37. The van der Waals surface area contributed by atoms with Gasteiger partial charge in [-0.15, -0.1) is 0 Å². The summed E-state index contributed by atoms with van der Waals surface area (Å²) < 4.78 is 0. The molecule has 0 atom stereocenters. The van der Waals surface area contributed by atoms with Gasteiger partial charge in [0, 0.05) is 0 Å². The zero-order chi connectivity index (χ0) is 19.2. The molecule has 0 saturated carbocycles. The van der Waals surface area contributed by atoms with Crippen LogP contribution in [0.15, 0.2) is 115 Å². The maximum absolute atomic E-state index is 2.32. The van der Waals surface area contributed by atoms with Crippen LogP contribution in [0.3, 0.4) is 0 Å². The maximum atomic E-state index is 2.32. The largest absolute Gasteiger partial charge is 0.0701 e. The summed E-state index contributed by atoms with van der Waals surface area (Å²) >= 11 is 0. The molecule has 4 aromatic rings. The molecule has 0 N–H and O–H groups in total. The van der Waals surface area contributed by atoms with Gasteiger partial charge < -0.3 is 0 Å². The van der Waals surface area contributed by atoms with Gasteiger partial charge in [0.1, 0.15) is 0 Å². The van der Waals surface area contributed by atoms with Gasteiger partial charge in [-0.3, -0.25) is 0 Å². The van der Waals surface area contributed by atoms with Crippen LogP contribution in [0.2, 0.25) is 0 Å². The molecule has 0 aromatic heterocycles. The van der Waals surface area contributed by atoms with Gasteiger partial charge in [-0.05, 0) is 34.2 Å². The third-order valence-electron chi connectivity index (χ3n) is 5.55. The molecule has 28 heavy (non-hydrogen) atoms. The minimum Gasteiger partial charge on any atom is -0.0651 e. The van der Waals surface area contributed by atoms with E-state index in [-0.39, 0.29) is 5.41 Å². The molecule has 0 saturated heterocycles. The Morgan fingerprint density at radius 2 is 0.821 bits per heavy atom. The van der Waals surface area contributed by atoms with Crippen molar-refractivity contribution in [2.45, 2.75) is 25.2 Å².